The van der Waals surface area contributed by atoms with E-state index in [0.29, 0.717) is 17.9 Å². The molecule has 0 saturated carbocycles. The first kappa shape index (κ1) is 17.8. The first-order valence-corrected chi connectivity index (χ1v) is 9.08. The van der Waals surface area contributed by atoms with Crippen molar-refractivity contribution in [2.45, 2.75) is 32.3 Å². The highest BCUT2D eigenvalue weighted by Gasteiger charge is 2.36. The lowest BCUT2D eigenvalue weighted by molar-refractivity contribution is 0.0616. The lowest BCUT2D eigenvalue weighted by Gasteiger charge is -2.31. The van der Waals surface area contributed by atoms with Crippen LogP contribution in [-0.4, -0.2) is 36.4 Å². The molecule has 0 spiro atoms. The van der Waals surface area contributed by atoms with E-state index < -0.39 is 5.60 Å². The highest BCUT2D eigenvalue weighted by molar-refractivity contribution is 5.53. The highest BCUT2D eigenvalue weighted by atomic mass is 16.7. The van der Waals surface area contributed by atoms with Gasteiger partial charge in [-0.25, -0.2) is 0 Å². The molecule has 0 aliphatic carbocycles. The normalized spacial score (nSPS) is 15.4. The van der Waals surface area contributed by atoms with Gasteiger partial charge >= 0.3 is 0 Å². The molecule has 0 bridgehead atoms. The number of aliphatic hydroxyl groups is 1. The van der Waals surface area contributed by atoms with E-state index in [4.69, 9.17) is 9.47 Å². The smallest absolute Gasteiger partial charge is 0.231 e. The maximum absolute atomic E-state index is 11.7. The van der Waals surface area contributed by atoms with Crippen molar-refractivity contribution in [1.29, 1.82) is 0 Å². The van der Waals surface area contributed by atoms with Crippen LogP contribution < -0.4 is 9.47 Å². The van der Waals surface area contributed by atoms with Gasteiger partial charge in [0, 0.05) is 5.56 Å². The van der Waals surface area contributed by atoms with E-state index in [1.807, 2.05) is 48.5 Å². The molecule has 1 aliphatic heterocycles. The van der Waals surface area contributed by atoms with Gasteiger partial charge in [0.25, 0.3) is 0 Å². The third kappa shape index (κ3) is 3.65. The van der Waals surface area contributed by atoms with Gasteiger partial charge in [0.1, 0.15) is 5.60 Å². The molecular formula is C21H27NO3. The summed E-state index contributed by atoms with van der Waals surface area (Å²) in [6, 6.07) is 15.6. The van der Waals surface area contributed by atoms with Crippen molar-refractivity contribution in [3.63, 3.8) is 0 Å². The average molecular weight is 341 g/mol. The summed E-state index contributed by atoms with van der Waals surface area (Å²) in [7, 11) is 0. The van der Waals surface area contributed by atoms with Crippen molar-refractivity contribution in [1.82, 2.24) is 4.90 Å². The molecule has 1 aliphatic rings. The van der Waals surface area contributed by atoms with Crippen LogP contribution in [0.15, 0.2) is 48.5 Å². The van der Waals surface area contributed by atoms with E-state index in [-0.39, 0.29) is 6.79 Å². The van der Waals surface area contributed by atoms with E-state index in [0.717, 1.165) is 37.2 Å². The highest BCUT2D eigenvalue weighted by Crippen LogP contribution is 2.45. The van der Waals surface area contributed by atoms with Gasteiger partial charge in [-0.3, -0.25) is 0 Å². The van der Waals surface area contributed by atoms with Crippen LogP contribution in [0.2, 0.25) is 0 Å². The molecule has 25 heavy (non-hydrogen) atoms. The van der Waals surface area contributed by atoms with Gasteiger partial charge < -0.3 is 19.5 Å². The fourth-order valence-corrected chi connectivity index (χ4v) is 3.50. The van der Waals surface area contributed by atoms with Crippen molar-refractivity contribution in [2.24, 2.45) is 0 Å². The Morgan fingerprint density at radius 1 is 1.00 bits per heavy atom. The first-order chi connectivity index (χ1) is 12.2. The first-order valence-electron chi connectivity index (χ1n) is 9.08. The van der Waals surface area contributed by atoms with Gasteiger partial charge in [0.2, 0.25) is 6.79 Å². The number of nitrogens with zero attached hydrogens (tertiary/aromatic N) is 1. The molecule has 0 fully saturated rings. The molecule has 1 heterocycles. The second kappa shape index (κ2) is 7.89. The van der Waals surface area contributed by atoms with Gasteiger partial charge in [0.05, 0.1) is 0 Å². The summed E-state index contributed by atoms with van der Waals surface area (Å²) in [6.07, 6.45) is 1.53. The van der Waals surface area contributed by atoms with Gasteiger partial charge in [-0.2, -0.15) is 0 Å². The maximum atomic E-state index is 11.7. The maximum Gasteiger partial charge on any atom is 0.231 e. The monoisotopic (exact) mass is 341 g/mol. The molecule has 0 aromatic heterocycles. The fraction of sp³-hybridized carbons (Fsp3) is 0.429. The third-order valence-corrected chi connectivity index (χ3v) is 5.00. The molecule has 0 radical (unpaired) electrons. The number of fused-ring (bicyclic) bond motifs is 1. The minimum Gasteiger partial charge on any atom is -0.454 e. The van der Waals surface area contributed by atoms with Crippen LogP contribution in [-0.2, 0) is 5.60 Å². The van der Waals surface area contributed by atoms with Crippen LogP contribution in [0.4, 0.5) is 0 Å². The Bertz CT molecular complexity index is 685. The quantitative estimate of drug-likeness (QED) is 0.793. The Morgan fingerprint density at radius 3 is 2.48 bits per heavy atom. The lowest BCUT2D eigenvalue weighted by atomic mass is 9.82. The molecule has 1 unspecified atom stereocenters. The van der Waals surface area contributed by atoms with E-state index in [1.165, 1.54) is 0 Å². The molecular weight excluding hydrogens is 314 g/mol. The number of rotatable bonds is 8. The van der Waals surface area contributed by atoms with E-state index in [2.05, 4.69) is 18.7 Å². The van der Waals surface area contributed by atoms with Crippen molar-refractivity contribution in [3.05, 3.63) is 59.7 Å². The molecule has 4 nitrogen and oxygen atoms in total. The lowest BCUT2D eigenvalue weighted by Crippen LogP contribution is -2.30. The summed E-state index contributed by atoms with van der Waals surface area (Å²) in [5.41, 5.74) is 0.583. The second-order valence-electron chi connectivity index (χ2n) is 6.40. The topological polar surface area (TPSA) is 41.9 Å². The van der Waals surface area contributed by atoms with Crippen LogP contribution in [0.25, 0.3) is 0 Å². The molecule has 1 N–H and O–H groups in total. The molecule has 3 rings (SSSR count). The van der Waals surface area contributed by atoms with Crippen molar-refractivity contribution >= 4 is 0 Å². The van der Waals surface area contributed by atoms with Crippen molar-refractivity contribution < 1.29 is 14.6 Å². The molecule has 2 aromatic rings. The minimum atomic E-state index is -1.09. The van der Waals surface area contributed by atoms with E-state index >= 15 is 0 Å². The zero-order valence-corrected chi connectivity index (χ0v) is 15.1. The van der Waals surface area contributed by atoms with Gasteiger partial charge in [0.15, 0.2) is 11.5 Å². The Morgan fingerprint density at radius 2 is 1.76 bits per heavy atom. The predicted octanol–water partition coefficient (Wildman–Crippen LogP) is 3.77. The fourth-order valence-electron chi connectivity index (χ4n) is 3.50. The number of ether oxygens (including phenoxy) is 2. The molecule has 0 saturated heterocycles. The summed E-state index contributed by atoms with van der Waals surface area (Å²) < 4.78 is 11.2. The van der Waals surface area contributed by atoms with Gasteiger partial charge in [-0.1, -0.05) is 56.3 Å². The standard InChI is InChI=1S/C21H27NO3/c1-3-22(4-2)15-9-14-21(23,17-10-6-5-7-11-17)18-12-8-13-19-20(18)25-16-24-19/h5-8,10-13,23H,3-4,9,14-16H2,1-2H3. The molecule has 4 heteroatoms. The van der Waals surface area contributed by atoms with Crippen LogP contribution in [0.5, 0.6) is 11.5 Å². The summed E-state index contributed by atoms with van der Waals surface area (Å²) in [5, 5.41) is 11.7. The number of para-hydroxylation sites is 1. The third-order valence-electron chi connectivity index (χ3n) is 5.00. The number of hydrogen-bond donors (Lipinski definition) is 1. The second-order valence-corrected chi connectivity index (χ2v) is 6.40. The van der Waals surface area contributed by atoms with Crippen LogP contribution >= 0.6 is 0 Å². The largest absolute Gasteiger partial charge is 0.454 e. The molecule has 2 aromatic carbocycles. The van der Waals surface area contributed by atoms with Crippen LogP contribution in [0.3, 0.4) is 0 Å². The Labute approximate surface area is 150 Å². The van der Waals surface area contributed by atoms with Gasteiger partial charge in [-0.05, 0) is 44.1 Å². The zero-order valence-electron chi connectivity index (χ0n) is 15.1. The average Bonchev–Trinajstić information content (AvgIpc) is 3.14. The predicted molar refractivity (Wildman–Crippen MR) is 99.0 cm³/mol. The minimum absolute atomic E-state index is 0.205. The SMILES string of the molecule is CCN(CC)CCCC(O)(c1ccccc1)c1cccc2c1OCO2. The van der Waals surface area contributed by atoms with E-state index in [9.17, 15) is 5.11 Å². The Balaban J connectivity index is 1.92. The molecule has 1 atom stereocenters. The summed E-state index contributed by atoms with van der Waals surface area (Å²) in [4.78, 5) is 2.38. The van der Waals surface area contributed by atoms with E-state index in [1.54, 1.807) is 0 Å². The van der Waals surface area contributed by atoms with Crippen molar-refractivity contribution in [3.8, 4) is 11.5 Å². The number of hydrogen-bond acceptors (Lipinski definition) is 4. The summed E-state index contributed by atoms with van der Waals surface area (Å²) >= 11 is 0. The van der Waals surface area contributed by atoms with Crippen molar-refractivity contribution in [2.75, 3.05) is 26.4 Å². The molecule has 0 amide bonds. The Kier molecular flexibility index (Phi) is 5.61. The van der Waals surface area contributed by atoms with Gasteiger partial charge in [-0.15, -0.1) is 0 Å². The van der Waals surface area contributed by atoms with Crippen LogP contribution in [0, 0.1) is 0 Å². The zero-order chi connectivity index (χ0) is 17.7. The number of benzene rings is 2. The summed E-state index contributed by atoms with van der Waals surface area (Å²) in [6.45, 7) is 7.56. The molecule has 134 valence electrons. The van der Waals surface area contributed by atoms with Crippen LogP contribution in [0.1, 0.15) is 37.8 Å². The Hall–Kier alpha value is -2.04. The summed E-state index contributed by atoms with van der Waals surface area (Å²) in [5.74, 6) is 1.37.